The van der Waals surface area contributed by atoms with E-state index in [0.29, 0.717) is 38.6 Å². The monoisotopic (exact) mass is 453 g/mol. The number of rotatable bonds is 11. The van der Waals surface area contributed by atoms with Crippen LogP contribution in [-0.4, -0.2) is 55.6 Å². The first-order valence-electron chi connectivity index (χ1n) is 9.66. The molecule has 7 nitrogen and oxygen atoms in total. The highest BCUT2D eigenvalue weighted by molar-refractivity contribution is 8.26. The van der Waals surface area contributed by atoms with Gasteiger partial charge in [-0.3, -0.25) is 14.5 Å². The van der Waals surface area contributed by atoms with Gasteiger partial charge in [-0.1, -0.05) is 43.7 Å². The molecule has 0 aliphatic carbocycles. The Morgan fingerprint density at radius 3 is 2.37 bits per heavy atom. The van der Waals surface area contributed by atoms with Crippen molar-refractivity contribution < 1.29 is 28.5 Å². The van der Waals surface area contributed by atoms with Crippen LogP contribution in [0.3, 0.4) is 0 Å². The molecule has 1 heterocycles. The maximum atomic E-state index is 12.8. The summed E-state index contributed by atoms with van der Waals surface area (Å²) < 4.78 is 21.6. The Morgan fingerprint density at radius 2 is 1.80 bits per heavy atom. The lowest BCUT2D eigenvalue weighted by atomic mass is 10.1. The number of carbonyl (C=O) groups excluding carboxylic acids is 2. The maximum Gasteiger partial charge on any atom is 0.307 e. The van der Waals surface area contributed by atoms with Gasteiger partial charge in [-0.15, -0.1) is 0 Å². The molecule has 1 aliphatic rings. The van der Waals surface area contributed by atoms with Gasteiger partial charge in [-0.25, -0.2) is 0 Å². The lowest BCUT2D eigenvalue weighted by Gasteiger charge is -2.14. The largest absolute Gasteiger partial charge is 0.493 e. The molecular weight excluding hydrogens is 426 g/mol. The van der Waals surface area contributed by atoms with Crippen molar-refractivity contribution in [3.63, 3.8) is 0 Å². The van der Waals surface area contributed by atoms with E-state index in [1.165, 1.54) is 38.0 Å². The summed E-state index contributed by atoms with van der Waals surface area (Å²) in [5.74, 6) is 0.891. The Hall–Kier alpha value is -2.26. The predicted molar refractivity (Wildman–Crippen MR) is 121 cm³/mol. The van der Waals surface area contributed by atoms with E-state index in [0.717, 1.165) is 19.3 Å². The van der Waals surface area contributed by atoms with Crippen LogP contribution in [0.1, 0.15) is 38.2 Å². The van der Waals surface area contributed by atoms with E-state index in [9.17, 15) is 9.59 Å². The summed E-state index contributed by atoms with van der Waals surface area (Å²) in [6, 6.07) is 3.50. The lowest BCUT2D eigenvalue weighted by molar-refractivity contribution is -0.144. The predicted octanol–water partition coefficient (Wildman–Crippen LogP) is 4.04. The van der Waals surface area contributed by atoms with E-state index in [1.807, 2.05) is 0 Å². The number of esters is 1. The van der Waals surface area contributed by atoms with Crippen LogP contribution < -0.4 is 14.2 Å². The van der Waals surface area contributed by atoms with Gasteiger partial charge in [0, 0.05) is 6.54 Å². The van der Waals surface area contributed by atoms with Crippen LogP contribution in [0.25, 0.3) is 6.08 Å². The summed E-state index contributed by atoms with van der Waals surface area (Å²) >= 11 is 6.52. The molecule has 30 heavy (non-hydrogen) atoms. The fraction of sp³-hybridized carbons (Fsp3) is 0.476. The molecule has 2 rings (SSSR count). The van der Waals surface area contributed by atoms with Gasteiger partial charge < -0.3 is 18.9 Å². The fourth-order valence-electron chi connectivity index (χ4n) is 2.84. The molecule has 164 valence electrons. The van der Waals surface area contributed by atoms with E-state index in [1.54, 1.807) is 18.2 Å². The molecule has 1 aromatic carbocycles. The topological polar surface area (TPSA) is 74.3 Å². The van der Waals surface area contributed by atoms with Crippen LogP contribution in [0.5, 0.6) is 17.2 Å². The van der Waals surface area contributed by atoms with Crippen molar-refractivity contribution in [1.29, 1.82) is 0 Å². The first-order chi connectivity index (χ1) is 14.4. The molecule has 0 bridgehead atoms. The van der Waals surface area contributed by atoms with Crippen molar-refractivity contribution >= 4 is 46.3 Å². The van der Waals surface area contributed by atoms with Gasteiger partial charge in [-0.05, 0) is 30.2 Å². The summed E-state index contributed by atoms with van der Waals surface area (Å²) in [6.07, 6.45) is 4.75. The van der Waals surface area contributed by atoms with Crippen LogP contribution >= 0.6 is 24.0 Å². The molecule has 0 aromatic heterocycles. The Morgan fingerprint density at radius 1 is 1.13 bits per heavy atom. The second-order valence-electron chi connectivity index (χ2n) is 6.47. The third-order valence-electron chi connectivity index (χ3n) is 4.41. The number of benzene rings is 1. The van der Waals surface area contributed by atoms with Gasteiger partial charge in [0.05, 0.1) is 39.3 Å². The van der Waals surface area contributed by atoms with Gasteiger partial charge in [-0.2, -0.15) is 0 Å². The summed E-state index contributed by atoms with van der Waals surface area (Å²) in [5.41, 5.74) is 0.709. The number of amides is 1. The van der Waals surface area contributed by atoms with Crippen molar-refractivity contribution in [3.05, 3.63) is 22.6 Å². The first-order valence-corrected chi connectivity index (χ1v) is 10.9. The summed E-state index contributed by atoms with van der Waals surface area (Å²) in [5, 5.41) is 0. The molecule has 1 saturated heterocycles. The highest BCUT2D eigenvalue weighted by atomic mass is 32.2. The Balaban J connectivity index is 2.07. The van der Waals surface area contributed by atoms with E-state index in [-0.39, 0.29) is 24.8 Å². The Kier molecular flexibility index (Phi) is 9.45. The number of thioether (sulfide) groups is 1. The molecule has 0 spiro atoms. The number of carbonyl (C=O) groups is 2. The van der Waals surface area contributed by atoms with Gasteiger partial charge in [0.25, 0.3) is 5.91 Å². The minimum Gasteiger partial charge on any atom is -0.493 e. The molecule has 0 atom stereocenters. The van der Waals surface area contributed by atoms with E-state index in [4.69, 9.17) is 31.2 Å². The lowest BCUT2D eigenvalue weighted by Crippen LogP contribution is -2.30. The van der Waals surface area contributed by atoms with E-state index in [2.05, 4.69) is 6.92 Å². The molecule has 0 radical (unpaired) electrons. The molecule has 0 N–H and O–H groups in total. The van der Waals surface area contributed by atoms with Gasteiger partial charge in [0.15, 0.2) is 11.5 Å². The molecule has 1 aromatic rings. The molecular formula is C21H27NO6S2. The van der Waals surface area contributed by atoms with Crippen LogP contribution in [0.2, 0.25) is 0 Å². The normalized spacial score (nSPS) is 14.9. The van der Waals surface area contributed by atoms with E-state index < -0.39 is 0 Å². The van der Waals surface area contributed by atoms with E-state index >= 15 is 0 Å². The average Bonchev–Trinajstić information content (AvgIpc) is 3.01. The summed E-state index contributed by atoms with van der Waals surface area (Å²) in [7, 11) is 4.59. The highest BCUT2D eigenvalue weighted by Crippen LogP contribution is 2.40. The SMILES string of the molecule is CCCCCOC(=O)CCN1C(=O)C(=Cc2cc(OC)c(OC)c(OC)c2)SC1=S. The van der Waals surface area contributed by atoms with Gasteiger partial charge in [0.2, 0.25) is 5.75 Å². The minimum atomic E-state index is -0.325. The summed E-state index contributed by atoms with van der Waals surface area (Å²) in [6.45, 7) is 2.69. The third-order valence-corrected chi connectivity index (χ3v) is 5.79. The number of hydrogen-bond donors (Lipinski definition) is 0. The van der Waals surface area contributed by atoms with Crippen LogP contribution in [0.15, 0.2) is 17.0 Å². The number of ether oxygens (including phenoxy) is 4. The fourth-order valence-corrected chi connectivity index (χ4v) is 4.15. The molecule has 0 unspecified atom stereocenters. The molecule has 1 amide bonds. The van der Waals surface area contributed by atoms with Crippen LogP contribution in [0.4, 0.5) is 0 Å². The molecule has 1 fully saturated rings. The molecule has 0 saturated carbocycles. The van der Waals surface area contributed by atoms with Gasteiger partial charge >= 0.3 is 5.97 Å². The number of nitrogens with zero attached hydrogens (tertiary/aromatic N) is 1. The van der Waals surface area contributed by atoms with Gasteiger partial charge in [0.1, 0.15) is 4.32 Å². The number of hydrogen-bond acceptors (Lipinski definition) is 8. The standard InChI is InChI=1S/C21H27NO6S2/c1-5-6-7-10-28-18(23)8-9-22-20(24)17(30-21(22)29)13-14-11-15(25-2)19(27-4)16(12-14)26-3/h11-13H,5-10H2,1-4H3. The summed E-state index contributed by atoms with van der Waals surface area (Å²) in [4.78, 5) is 26.6. The first kappa shape index (κ1) is 24.0. The van der Waals surface area contributed by atoms with Crippen LogP contribution in [0, 0.1) is 0 Å². The minimum absolute atomic E-state index is 0.107. The van der Waals surface area contributed by atoms with Crippen molar-refractivity contribution in [2.75, 3.05) is 34.5 Å². The maximum absolute atomic E-state index is 12.8. The van der Waals surface area contributed by atoms with Crippen molar-refractivity contribution in [3.8, 4) is 17.2 Å². The zero-order valence-corrected chi connectivity index (χ0v) is 19.3. The van der Waals surface area contributed by atoms with Crippen molar-refractivity contribution in [2.24, 2.45) is 0 Å². The number of unbranched alkanes of at least 4 members (excludes halogenated alkanes) is 2. The quantitative estimate of drug-likeness (QED) is 0.215. The van der Waals surface area contributed by atoms with Crippen molar-refractivity contribution in [2.45, 2.75) is 32.6 Å². The zero-order chi connectivity index (χ0) is 22.1. The third kappa shape index (κ3) is 6.12. The second-order valence-corrected chi connectivity index (χ2v) is 8.15. The number of methoxy groups -OCH3 is 3. The average molecular weight is 454 g/mol. The second kappa shape index (κ2) is 11.8. The zero-order valence-electron chi connectivity index (χ0n) is 17.7. The molecule has 9 heteroatoms. The number of thiocarbonyl (C=S) groups is 1. The van der Waals surface area contributed by atoms with Crippen molar-refractivity contribution in [1.82, 2.24) is 4.90 Å². The highest BCUT2D eigenvalue weighted by Gasteiger charge is 2.32. The van der Waals surface area contributed by atoms with Crippen LogP contribution in [-0.2, 0) is 14.3 Å². The smallest absolute Gasteiger partial charge is 0.307 e. The Bertz CT molecular complexity index is 799. The Labute approximate surface area is 186 Å². The molecule has 1 aliphatic heterocycles.